The van der Waals surface area contributed by atoms with Crippen molar-refractivity contribution in [1.82, 2.24) is 4.31 Å². The lowest BCUT2D eigenvalue weighted by atomic mass is 10.1. The van der Waals surface area contributed by atoms with Crippen LogP contribution in [-0.4, -0.2) is 43.1 Å². The lowest BCUT2D eigenvalue weighted by Crippen LogP contribution is -2.36. The Hall–Kier alpha value is -0.880. The van der Waals surface area contributed by atoms with Crippen molar-refractivity contribution in [2.75, 3.05) is 19.3 Å². The number of hydrogen-bond donors (Lipinski definition) is 1. The van der Waals surface area contributed by atoms with Crippen molar-refractivity contribution in [3.05, 3.63) is 11.6 Å². The van der Waals surface area contributed by atoms with Crippen molar-refractivity contribution in [1.29, 1.82) is 0 Å². The Labute approximate surface area is 76.7 Å². The molecule has 0 aromatic heterocycles. The lowest BCUT2D eigenvalue weighted by molar-refractivity contribution is -0.132. The molecule has 0 fully saturated rings. The van der Waals surface area contributed by atoms with Crippen LogP contribution in [0.5, 0.6) is 0 Å². The van der Waals surface area contributed by atoms with Crippen LogP contribution in [0.4, 0.5) is 0 Å². The van der Waals surface area contributed by atoms with Gasteiger partial charge in [-0.25, -0.2) is 13.2 Å². The predicted octanol–water partition coefficient (Wildman–Crippen LogP) is -0.337. The fourth-order valence-electron chi connectivity index (χ4n) is 1.15. The van der Waals surface area contributed by atoms with Crippen molar-refractivity contribution >= 4 is 16.0 Å². The van der Waals surface area contributed by atoms with Crippen LogP contribution in [0.15, 0.2) is 11.6 Å². The summed E-state index contributed by atoms with van der Waals surface area (Å²) in [7, 11) is -3.26. The summed E-state index contributed by atoms with van der Waals surface area (Å²) in [6.07, 6.45) is 3.11. The quantitative estimate of drug-likeness (QED) is 0.669. The van der Waals surface area contributed by atoms with Gasteiger partial charge in [-0.3, -0.25) is 0 Å². The number of carboxylic acids is 1. The molecule has 13 heavy (non-hydrogen) atoms. The first-order valence-corrected chi connectivity index (χ1v) is 5.63. The largest absolute Gasteiger partial charge is 0.478 e. The molecule has 1 aliphatic rings. The van der Waals surface area contributed by atoms with Gasteiger partial charge in [0.25, 0.3) is 0 Å². The van der Waals surface area contributed by atoms with Gasteiger partial charge in [-0.2, -0.15) is 4.31 Å². The van der Waals surface area contributed by atoms with Gasteiger partial charge in [0, 0.05) is 18.7 Å². The van der Waals surface area contributed by atoms with Gasteiger partial charge in [0.1, 0.15) is 0 Å². The molecule has 0 bridgehead atoms. The highest BCUT2D eigenvalue weighted by Crippen LogP contribution is 2.12. The number of hydrogen-bond acceptors (Lipinski definition) is 3. The molecule has 0 amide bonds. The molecule has 0 aromatic carbocycles. The van der Waals surface area contributed by atoms with E-state index in [1.807, 2.05) is 0 Å². The zero-order chi connectivity index (χ0) is 10.1. The molecule has 74 valence electrons. The maximum Gasteiger partial charge on any atom is 0.332 e. The number of carboxylic acid groups (broad SMARTS) is 1. The van der Waals surface area contributed by atoms with Gasteiger partial charge < -0.3 is 5.11 Å². The van der Waals surface area contributed by atoms with E-state index in [0.29, 0.717) is 13.0 Å². The zero-order valence-corrected chi connectivity index (χ0v) is 8.04. The van der Waals surface area contributed by atoms with Gasteiger partial charge in [0.15, 0.2) is 0 Å². The third-order valence-electron chi connectivity index (χ3n) is 1.86. The number of carbonyl (C=O) groups is 1. The molecule has 0 radical (unpaired) electrons. The first-order chi connectivity index (χ1) is 5.91. The number of nitrogens with zero attached hydrogens (tertiary/aromatic N) is 1. The maximum absolute atomic E-state index is 11.1. The third-order valence-corrected chi connectivity index (χ3v) is 3.11. The second-order valence-electron chi connectivity index (χ2n) is 2.92. The molecular weight excluding hydrogens is 194 g/mol. The summed E-state index contributed by atoms with van der Waals surface area (Å²) < 4.78 is 23.3. The molecule has 1 rings (SSSR count). The van der Waals surface area contributed by atoms with Crippen LogP contribution in [0.2, 0.25) is 0 Å². The Morgan fingerprint density at radius 3 is 2.69 bits per heavy atom. The molecule has 1 aliphatic heterocycles. The van der Waals surface area contributed by atoms with Gasteiger partial charge in [-0.05, 0) is 6.42 Å². The van der Waals surface area contributed by atoms with Gasteiger partial charge in [-0.15, -0.1) is 0 Å². The van der Waals surface area contributed by atoms with E-state index in [-0.39, 0.29) is 12.1 Å². The Bertz CT molecular complexity index is 344. The molecule has 0 atom stereocenters. The van der Waals surface area contributed by atoms with E-state index in [0.717, 1.165) is 10.6 Å². The molecule has 0 aliphatic carbocycles. The van der Waals surface area contributed by atoms with Crippen LogP contribution in [0.3, 0.4) is 0 Å². The van der Waals surface area contributed by atoms with E-state index >= 15 is 0 Å². The third kappa shape index (κ3) is 2.53. The van der Waals surface area contributed by atoms with Gasteiger partial charge in [-0.1, -0.05) is 6.08 Å². The standard InChI is InChI=1S/C7H11NO4S/c1-13(11,12)8-4-2-3-6(5-8)7(9)10/h3H,2,4-5H2,1H3,(H,9,10). The minimum absolute atomic E-state index is 0.0197. The summed E-state index contributed by atoms with van der Waals surface area (Å²) in [5, 5.41) is 8.63. The summed E-state index contributed by atoms with van der Waals surface area (Å²) in [5.74, 6) is -1.05. The molecule has 0 spiro atoms. The van der Waals surface area contributed by atoms with Crippen molar-refractivity contribution in [2.45, 2.75) is 6.42 Å². The Morgan fingerprint density at radius 1 is 1.62 bits per heavy atom. The predicted molar refractivity (Wildman–Crippen MR) is 46.8 cm³/mol. The van der Waals surface area contributed by atoms with Crippen molar-refractivity contribution in [3.63, 3.8) is 0 Å². The van der Waals surface area contributed by atoms with E-state index in [1.165, 1.54) is 0 Å². The fraction of sp³-hybridized carbons (Fsp3) is 0.571. The number of rotatable bonds is 2. The number of sulfonamides is 1. The minimum Gasteiger partial charge on any atom is -0.478 e. The van der Waals surface area contributed by atoms with Crippen LogP contribution >= 0.6 is 0 Å². The molecule has 5 nitrogen and oxygen atoms in total. The van der Waals surface area contributed by atoms with E-state index in [1.54, 1.807) is 6.08 Å². The monoisotopic (exact) mass is 205 g/mol. The molecular formula is C7H11NO4S. The molecule has 1 N–H and O–H groups in total. The van der Waals surface area contributed by atoms with Crippen LogP contribution in [-0.2, 0) is 14.8 Å². The van der Waals surface area contributed by atoms with Crippen molar-refractivity contribution in [2.24, 2.45) is 0 Å². The van der Waals surface area contributed by atoms with Gasteiger partial charge in [0.2, 0.25) is 10.0 Å². The summed E-state index contributed by atoms with van der Waals surface area (Å²) in [4.78, 5) is 10.5. The van der Waals surface area contributed by atoms with Crippen LogP contribution in [0.25, 0.3) is 0 Å². The summed E-state index contributed by atoms with van der Waals surface area (Å²) in [6.45, 7) is 0.351. The Morgan fingerprint density at radius 2 is 2.23 bits per heavy atom. The second kappa shape index (κ2) is 3.47. The Kier molecular flexibility index (Phi) is 2.72. The average molecular weight is 205 g/mol. The number of aliphatic carboxylic acids is 1. The SMILES string of the molecule is CS(=O)(=O)N1CCC=C(C(=O)O)C1. The molecule has 6 heteroatoms. The van der Waals surface area contributed by atoms with Crippen LogP contribution in [0.1, 0.15) is 6.42 Å². The molecule has 0 saturated heterocycles. The van der Waals surface area contributed by atoms with E-state index < -0.39 is 16.0 Å². The summed E-state index contributed by atoms with van der Waals surface area (Å²) in [5.41, 5.74) is 0.150. The summed E-state index contributed by atoms with van der Waals surface area (Å²) >= 11 is 0. The Balaban J connectivity index is 2.80. The normalized spacial score (nSPS) is 19.6. The topological polar surface area (TPSA) is 74.7 Å². The first kappa shape index (κ1) is 10.2. The van der Waals surface area contributed by atoms with Crippen LogP contribution < -0.4 is 0 Å². The minimum atomic E-state index is -3.26. The smallest absolute Gasteiger partial charge is 0.332 e. The van der Waals surface area contributed by atoms with Gasteiger partial charge >= 0.3 is 5.97 Å². The van der Waals surface area contributed by atoms with Gasteiger partial charge in [0.05, 0.1) is 6.26 Å². The molecule has 0 unspecified atom stereocenters. The highest BCUT2D eigenvalue weighted by Gasteiger charge is 2.23. The molecule has 1 heterocycles. The highest BCUT2D eigenvalue weighted by molar-refractivity contribution is 7.88. The molecule has 0 saturated carbocycles. The second-order valence-corrected chi connectivity index (χ2v) is 4.90. The molecule has 0 aromatic rings. The van der Waals surface area contributed by atoms with Crippen LogP contribution in [0, 0.1) is 0 Å². The first-order valence-electron chi connectivity index (χ1n) is 3.78. The fourth-order valence-corrected chi connectivity index (χ4v) is 1.97. The van der Waals surface area contributed by atoms with Crippen molar-refractivity contribution < 1.29 is 18.3 Å². The summed E-state index contributed by atoms with van der Waals surface area (Å²) in [6, 6.07) is 0. The zero-order valence-electron chi connectivity index (χ0n) is 7.23. The maximum atomic E-state index is 11.1. The van der Waals surface area contributed by atoms with E-state index in [2.05, 4.69) is 0 Å². The average Bonchev–Trinajstić information content (AvgIpc) is 2.03. The lowest BCUT2D eigenvalue weighted by Gasteiger charge is -2.23. The van der Waals surface area contributed by atoms with E-state index in [9.17, 15) is 13.2 Å². The highest BCUT2D eigenvalue weighted by atomic mass is 32.2. The van der Waals surface area contributed by atoms with Crippen molar-refractivity contribution in [3.8, 4) is 0 Å². The van der Waals surface area contributed by atoms with E-state index in [4.69, 9.17) is 5.11 Å².